The zero-order valence-electron chi connectivity index (χ0n) is 12.0. The van der Waals surface area contributed by atoms with Gasteiger partial charge in [0.1, 0.15) is 0 Å². The van der Waals surface area contributed by atoms with E-state index in [4.69, 9.17) is 5.11 Å². The van der Waals surface area contributed by atoms with Gasteiger partial charge in [-0.2, -0.15) is 11.8 Å². The number of hydrogen-bond donors (Lipinski definition) is 1. The monoisotopic (exact) mass is 357 g/mol. The number of carboxylic acids is 1. The van der Waals surface area contributed by atoms with Crippen molar-refractivity contribution < 1.29 is 9.90 Å². The minimum Gasteiger partial charge on any atom is -0.478 e. The molecule has 0 aliphatic carbocycles. The molecule has 1 atom stereocenters. The van der Waals surface area contributed by atoms with Crippen LogP contribution in [0.4, 0.5) is 5.69 Å². The van der Waals surface area contributed by atoms with Crippen molar-refractivity contribution in [3.8, 4) is 0 Å². The van der Waals surface area contributed by atoms with Gasteiger partial charge in [-0.1, -0.05) is 22.0 Å². The Hall–Kier alpha value is -0.940. The minimum atomic E-state index is -0.941. The van der Waals surface area contributed by atoms with Gasteiger partial charge in [-0.15, -0.1) is 0 Å². The third kappa shape index (κ3) is 5.21. The van der Waals surface area contributed by atoms with Gasteiger partial charge in [0.05, 0.1) is 0 Å². The van der Waals surface area contributed by atoms with Crippen molar-refractivity contribution in [1.29, 1.82) is 0 Å². The highest BCUT2D eigenvalue weighted by Crippen LogP contribution is 2.26. The van der Waals surface area contributed by atoms with Crippen LogP contribution in [0.3, 0.4) is 0 Å². The van der Waals surface area contributed by atoms with E-state index in [1.807, 2.05) is 30.0 Å². The lowest BCUT2D eigenvalue weighted by molar-refractivity contribution is -0.131. The van der Waals surface area contributed by atoms with Gasteiger partial charge in [-0.3, -0.25) is 0 Å². The average molecular weight is 358 g/mol. The minimum absolute atomic E-state index is 0.467. The van der Waals surface area contributed by atoms with E-state index in [9.17, 15) is 4.79 Å². The summed E-state index contributed by atoms with van der Waals surface area (Å²) < 4.78 is 0.899. The number of carbonyl (C=O) groups is 1. The van der Waals surface area contributed by atoms with Gasteiger partial charge in [0, 0.05) is 29.3 Å². The highest BCUT2D eigenvalue weighted by molar-refractivity contribution is 9.10. The molecule has 0 aromatic heterocycles. The molecule has 1 N–H and O–H groups in total. The first-order valence-corrected chi connectivity index (χ1v) is 8.56. The summed E-state index contributed by atoms with van der Waals surface area (Å²) in [5, 5.41) is 8.65. The fourth-order valence-corrected chi connectivity index (χ4v) is 2.84. The molecule has 1 aromatic carbocycles. The Bertz CT molecular complexity index is 491. The summed E-state index contributed by atoms with van der Waals surface area (Å²) >= 11 is 5.35. The summed E-state index contributed by atoms with van der Waals surface area (Å²) in [4.78, 5) is 12.8. The van der Waals surface area contributed by atoms with E-state index in [-0.39, 0.29) is 0 Å². The quantitative estimate of drug-likeness (QED) is 0.745. The molecule has 0 spiro atoms. The fraction of sp³-hybridized carbons (Fsp3) is 0.400. The smallest absolute Gasteiger partial charge is 0.328 e. The Balaban J connectivity index is 2.83. The molecule has 0 aliphatic heterocycles. The summed E-state index contributed by atoms with van der Waals surface area (Å²) in [5.74, 6) is 0.204. The zero-order valence-corrected chi connectivity index (χ0v) is 14.4. The van der Waals surface area contributed by atoms with Crippen LogP contribution in [0.1, 0.15) is 18.9 Å². The molecule has 0 amide bonds. The maximum Gasteiger partial charge on any atom is 0.328 e. The molecule has 0 fully saturated rings. The molecule has 3 nitrogen and oxygen atoms in total. The molecule has 0 bridgehead atoms. The van der Waals surface area contributed by atoms with Gasteiger partial charge in [0.15, 0.2) is 0 Å². The van der Waals surface area contributed by atoms with E-state index in [2.05, 4.69) is 41.1 Å². The second-order valence-electron chi connectivity index (χ2n) is 4.62. The third-order valence-corrected chi connectivity index (χ3v) is 4.53. The Morgan fingerprint density at radius 2 is 2.25 bits per heavy atom. The van der Waals surface area contributed by atoms with Crippen molar-refractivity contribution >= 4 is 45.4 Å². The number of benzene rings is 1. The average Bonchev–Trinajstić information content (AvgIpc) is 2.42. The van der Waals surface area contributed by atoms with Crippen LogP contribution in [0.15, 0.2) is 28.7 Å². The molecular formula is C15H20BrNO2S. The number of thioether (sulfide) groups is 1. The molecule has 1 rings (SSSR count). The van der Waals surface area contributed by atoms with Crippen LogP contribution in [0.2, 0.25) is 0 Å². The number of carboxylic acid groups (broad SMARTS) is 1. The summed E-state index contributed by atoms with van der Waals surface area (Å²) in [6.07, 6.45) is 5.99. The number of aliphatic carboxylic acids is 1. The number of halogens is 1. The topological polar surface area (TPSA) is 40.5 Å². The first-order chi connectivity index (χ1) is 9.45. The summed E-state index contributed by atoms with van der Waals surface area (Å²) in [6, 6.07) is 6.44. The van der Waals surface area contributed by atoms with Gasteiger partial charge in [-0.05, 0) is 49.1 Å². The van der Waals surface area contributed by atoms with Crippen LogP contribution < -0.4 is 4.90 Å². The first kappa shape index (κ1) is 17.1. The van der Waals surface area contributed by atoms with Crippen molar-refractivity contribution in [3.63, 3.8) is 0 Å². The van der Waals surface area contributed by atoms with Crippen LogP contribution in [0.25, 0.3) is 6.08 Å². The van der Waals surface area contributed by atoms with Gasteiger partial charge in [0.2, 0.25) is 0 Å². The summed E-state index contributed by atoms with van der Waals surface area (Å²) in [7, 11) is 2.08. The van der Waals surface area contributed by atoms with Gasteiger partial charge in [0.25, 0.3) is 0 Å². The van der Waals surface area contributed by atoms with Crippen molar-refractivity contribution in [2.45, 2.75) is 19.4 Å². The summed E-state index contributed by atoms with van der Waals surface area (Å²) in [5.41, 5.74) is 1.99. The molecule has 0 saturated heterocycles. The fourth-order valence-electron chi connectivity index (χ4n) is 1.77. The number of nitrogens with zero attached hydrogens (tertiary/aromatic N) is 1. The Morgan fingerprint density at radius 1 is 1.55 bits per heavy atom. The molecule has 1 aromatic rings. The summed E-state index contributed by atoms with van der Waals surface area (Å²) in [6.45, 7) is 2.21. The molecule has 0 aliphatic rings. The Labute approximate surface area is 133 Å². The number of hydrogen-bond acceptors (Lipinski definition) is 3. The lowest BCUT2D eigenvalue weighted by atomic mass is 10.1. The molecule has 0 radical (unpaired) electrons. The lowest BCUT2D eigenvalue weighted by Crippen LogP contribution is -2.29. The predicted molar refractivity (Wildman–Crippen MR) is 91.7 cm³/mol. The SMILES string of the molecule is CSCCC(C)N(C)c1ccc(/C=C/C(=O)O)c(Br)c1. The number of rotatable bonds is 7. The Morgan fingerprint density at radius 3 is 2.80 bits per heavy atom. The van der Waals surface area contributed by atoms with Crippen LogP contribution in [0.5, 0.6) is 0 Å². The highest BCUT2D eigenvalue weighted by Gasteiger charge is 2.10. The normalized spacial score (nSPS) is 12.6. The molecule has 0 saturated carbocycles. The highest BCUT2D eigenvalue weighted by atomic mass is 79.9. The maximum absolute atomic E-state index is 10.5. The van der Waals surface area contributed by atoms with E-state index in [0.29, 0.717) is 6.04 Å². The Kier molecular flexibility index (Phi) is 7.16. The van der Waals surface area contributed by atoms with Crippen LogP contribution in [-0.2, 0) is 4.79 Å². The molecule has 20 heavy (non-hydrogen) atoms. The molecule has 0 heterocycles. The van der Waals surface area contributed by atoms with Crippen molar-refractivity contribution in [2.24, 2.45) is 0 Å². The van der Waals surface area contributed by atoms with Crippen LogP contribution in [0, 0.1) is 0 Å². The molecule has 1 unspecified atom stereocenters. The standard InChI is InChI=1S/C15H20BrNO2S/c1-11(8-9-20-3)17(2)13-6-4-12(14(16)10-13)5-7-15(18)19/h4-7,10-11H,8-9H2,1-3H3,(H,18,19)/b7-5+. The van der Waals surface area contributed by atoms with E-state index < -0.39 is 5.97 Å². The van der Waals surface area contributed by atoms with E-state index in [1.54, 1.807) is 6.08 Å². The van der Waals surface area contributed by atoms with Crippen LogP contribution >= 0.6 is 27.7 Å². The number of anilines is 1. The van der Waals surface area contributed by atoms with E-state index in [0.717, 1.165) is 34.0 Å². The van der Waals surface area contributed by atoms with E-state index in [1.165, 1.54) is 0 Å². The first-order valence-electron chi connectivity index (χ1n) is 6.38. The van der Waals surface area contributed by atoms with Gasteiger partial charge in [-0.25, -0.2) is 4.79 Å². The maximum atomic E-state index is 10.5. The van der Waals surface area contributed by atoms with Gasteiger partial charge < -0.3 is 10.0 Å². The van der Waals surface area contributed by atoms with E-state index >= 15 is 0 Å². The van der Waals surface area contributed by atoms with Crippen LogP contribution in [-0.4, -0.2) is 36.2 Å². The molecule has 5 heteroatoms. The second kappa shape index (κ2) is 8.37. The molecule has 110 valence electrons. The largest absolute Gasteiger partial charge is 0.478 e. The predicted octanol–water partition coefficient (Wildman–Crippen LogP) is 4.12. The van der Waals surface area contributed by atoms with Crippen molar-refractivity contribution in [1.82, 2.24) is 0 Å². The third-order valence-electron chi connectivity index (χ3n) is 3.20. The lowest BCUT2D eigenvalue weighted by Gasteiger charge is -2.27. The zero-order chi connectivity index (χ0) is 15.1. The van der Waals surface area contributed by atoms with Crippen molar-refractivity contribution in [2.75, 3.05) is 24.0 Å². The van der Waals surface area contributed by atoms with Gasteiger partial charge >= 0.3 is 5.97 Å². The van der Waals surface area contributed by atoms with Crippen molar-refractivity contribution in [3.05, 3.63) is 34.3 Å². The molecular weight excluding hydrogens is 338 g/mol. The second-order valence-corrected chi connectivity index (χ2v) is 6.46.